The fourth-order valence-corrected chi connectivity index (χ4v) is 1.91. The summed E-state index contributed by atoms with van der Waals surface area (Å²) in [5, 5.41) is 8.80. The molecule has 0 N–H and O–H groups in total. The van der Waals surface area contributed by atoms with E-state index in [2.05, 4.69) is 43.4 Å². The summed E-state index contributed by atoms with van der Waals surface area (Å²) in [5.74, 6) is 0. The molecular formula is C12H18N2Si. The van der Waals surface area contributed by atoms with Crippen molar-refractivity contribution >= 4 is 8.24 Å². The van der Waals surface area contributed by atoms with E-state index in [0.717, 1.165) is 12.1 Å². The third-order valence-electron chi connectivity index (χ3n) is 2.62. The second-order valence-electron chi connectivity index (χ2n) is 4.84. The number of rotatable bonds is 3. The standard InChI is InChI=1S/C12H18N2Si/c1-14(15(2,3)4)10-12-7-5-6-11(8-12)9-13/h5-8H,10H2,1-4H3. The van der Waals surface area contributed by atoms with Crippen molar-refractivity contribution in [2.24, 2.45) is 0 Å². The van der Waals surface area contributed by atoms with E-state index < -0.39 is 8.24 Å². The molecule has 0 atom stereocenters. The van der Waals surface area contributed by atoms with Crippen molar-refractivity contribution in [1.82, 2.24) is 4.57 Å². The Morgan fingerprint density at radius 3 is 2.53 bits per heavy atom. The van der Waals surface area contributed by atoms with Gasteiger partial charge in [-0.25, -0.2) is 0 Å². The Hall–Kier alpha value is -1.11. The Morgan fingerprint density at radius 1 is 1.33 bits per heavy atom. The third-order valence-corrected chi connectivity index (χ3v) is 5.07. The van der Waals surface area contributed by atoms with Crippen LogP contribution in [0.15, 0.2) is 24.3 Å². The molecule has 0 unspecified atom stereocenters. The SMILES string of the molecule is CN(Cc1cccc(C#N)c1)[Si](C)(C)C. The lowest BCUT2D eigenvalue weighted by molar-refractivity contribution is 0.505. The highest BCUT2D eigenvalue weighted by atomic mass is 28.3. The summed E-state index contributed by atoms with van der Waals surface area (Å²) in [7, 11) is 0.937. The van der Waals surface area contributed by atoms with E-state index >= 15 is 0 Å². The van der Waals surface area contributed by atoms with E-state index in [-0.39, 0.29) is 0 Å². The van der Waals surface area contributed by atoms with Crippen LogP contribution in [0, 0.1) is 11.3 Å². The first-order valence-corrected chi connectivity index (χ1v) is 8.58. The number of hydrogen-bond donors (Lipinski definition) is 0. The van der Waals surface area contributed by atoms with Gasteiger partial charge in [0.25, 0.3) is 0 Å². The zero-order valence-electron chi connectivity index (χ0n) is 9.91. The highest BCUT2D eigenvalue weighted by molar-refractivity contribution is 6.73. The Bertz CT molecular complexity index is 374. The molecule has 80 valence electrons. The minimum atomic E-state index is -1.22. The lowest BCUT2D eigenvalue weighted by Crippen LogP contribution is -2.42. The molecule has 0 heterocycles. The van der Waals surface area contributed by atoms with Crippen molar-refractivity contribution in [1.29, 1.82) is 5.26 Å². The van der Waals surface area contributed by atoms with Crippen molar-refractivity contribution in [2.45, 2.75) is 26.2 Å². The van der Waals surface area contributed by atoms with Crippen molar-refractivity contribution in [3.63, 3.8) is 0 Å². The molecule has 0 aliphatic carbocycles. The minimum absolute atomic E-state index is 0.747. The maximum Gasteiger partial charge on any atom is 0.119 e. The number of nitrogens with zero attached hydrogens (tertiary/aromatic N) is 2. The van der Waals surface area contributed by atoms with Crippen LogP contribution in [-0.2, 0) is 6.54 Å². The highest BCUT2D eigenvalue weighted by Gasteiger charge is 2.19. The van der Waals surface area contributed by atoms with Crippen LogP contribution in [0.3, 0.4) is 0 Å². The van der Waals surface area contributed by atoms with E-state index in [1.54, 1.807) is 0 Å². The van der Waals surface area contributed by atoms with Crippen LogP contribution in [0.2, 0.25) is 19.6 Å². The van der Waals surface area contributed by atoms with E-state index in [0.29, 0.717) is 0 Å². The molecule has 0 saturated heterocycles. The van der Waals surface area contributed by atoms with Gasteiger partial charge < -0.3 is 4.57 Å². The molecule has 3 heteroatoms. The van der Waals surface area contributed by atoms with Crippen LogP contribution in [0.1, 0.15) is 11.1 Å². The van der Waals surface area contributed by atoms with Gasteiger partial charge in [0.1, 0.15) is 8.24 Å². The third kappa shape index (κ3) is 3.50. The molecule has 0 aliphatic rings. The molecule has 0 bridgehead atoms. The first kappa shape index (κ1) is 12.0. The molecule has 2 nitrogen and oxygen atoms in total. The van der Waals surface area contributed by atoms with Crippen molar-refractivity contribution < 1.29 is 0 Å². The smallest absolute Gasteiger partial charge is 0.119 e. The Labute approximate surface area is 93.2 Å². The van der Waals surface area contributed by atoms with Crippen LogP contribution in [0.5, 0.6) is 0 Å². The van der Waals surface area contributed by atoms with Gasteiger partial charge in [-0.2, -0.15) is 5.26 Å². The zero-order chi connectivity index (χ0) is 11.5. The fraction of sp³-hybridized carbons (Fsp3) is 0.417. The monoisotopic (exact) mass is 218 g/mol. The van der Waals surface area contributed by atoms with Crippen molar-refractivity contribution in [3.8, 4) is 6.07 Å². The summed E-state index contributed by atoms with van der Waals surface area (Å²) in [5.41, 5.74) is 1.97. The van der Waals surface area contributed by atoms with Gasteiger partial charge in [0, 0.05) is 6.54 Å². The van der Waals surface area contributed by atoms with Gasteiger partial charge in [-0.3, -0.25) is 0 Å². The first-order chi connectivity index (χ1) is 6.93. The molecule has 0 fully saturated rings. The number of nitriles is 1. The molecule has 0 aromatic heterocycles. The normalized spacial score (nSPS) is 11.5. The predicted octanol–water partition coefficient (Wildman–Crippen LogP) is 2.82. The Balaban J connectivity index is 2.78. The second kappa shape index (κ2) is 4.60. The van der Waals surface area contributed by atoms with Gasteiger partial charge >= 0.3 is 0 Å². The van der Waals surface area contributed by atoms with Crippen LogP contribution < -0.4 is 0 Å². The number of hydrogen-bond acceptors (Lipinski definition) is 2. The largest absolute Gasteiger partial charge is 0.323 e. The van der Waals surface area contributed by atoms with Gasteiger partial charge in [-0.15, -0.1) is 0 Å². The molecule has 0 saturated carbocycles. The molecule has 1 rings (SSSR count). The van der Waals surface area contributed by atoms with Gasteiger partial charge in [-0.05, 0) is 24.7 Å². The summed E-state index contributed by atoms with van der Waals surface area (Å²) in [6.07, 6.45) is 0. The van der Waals surface area contributed by atoms with E-state index in [9.17, 15) is 0 Å². The Kier molecular flexibility index (Phi) is 3.67. The first-order valence-electron chi connectivity index (χ1n) is 5.14. The predicted molar refractivity (Wildman–Crippen MR) is 66.0 cm³/mol. The van der Waals surface area contributed by atoms with Crippen LogP contribution >= 0.6 is 0 Å². The highest BCUT2D eigenvalue weighted by Crippen LogP contribution is 2.12. The summed E-state index contributed by atoms with van der Waals surface area (Å²) >= 11 is 0. The van der Waals surface area contributed by atoms with Crippen LogP contribution in [0.25, 0.3) is 0 Å². The lowest BCUT2D eigenvalue weighted by Gasteiger charge is -2.29. The molecule has 0 amide bonds. The van der Waals surface area contributed by atoms with Crippen LogP contribution in [0.4, 0.5) is 0 Å². The quantitative estimate of drug-likeness (QED) is 0.729. The summed E-state index contributed by atoms with van der Waals surface area (Å²) in [6, 6.07) is 10.0. The average Bonchev–Trinajstić information content (AvgIpc) is 2.16. The molecule has 0 spiro atoms. The summed E-state index contributed by atoms with van der Waals surface area (Å²) < 4.78 is 2.41. The second-order valence-corrected chi connectivity index (χ2v) is 9.94. The average molecular weight is 218 g/mol. The van der Waals surface area contributed by atoms with Gasteiger partial charge in [-0.1, -0.05) is 31.8 Å². The van der Waals surface area contributed by atoms with Gasteiger partial charge in [0.15, 0.2) is 0 Å². The molecule has 1 aromatic rings. The van der Waals surface area contributed by atoms with Crippen molar-refractivity contribution in [2.75, 3.05) is 7.05 Å². The summed E-state index contributed by atoms with van der Waals surface area (Å²) in [6.45, 7) is 7.90. The van der Waals surface area contributed by atoms with Crippen LogP contribution in [-0.4, -0.2) is 19.8 Å². The lowest BCUT2D eigenvalue weighted by atomic mass is 10.1. The maximum absolute atomic E-state index is 8.80. The van der Waals surface area contributed by atoms with Gasteiger partial charge in [0.2, 0.25) is 0 Å². The van der Waals surface area contributed by atoms with Gasteiger partial charge in [0.05, 0.1) is 11.6 Å². The van der Waals surface area contributed by atoms with E-state index in [1.807, 2.05) is 18.2 Å². The van der Waals surface area contributed by atoms with Crippen molar-refractivity contribution in [3.05, 3.63) is 35.4 Å². The molecule has 0 aliphatic heterocycles. The molecule has 1 aromatic carbocycles. The number of benzene rings is 1. The van der Waals surface area contributed by atoms with E-state index in [4.69, 9.17) is 5.26 Å². The molecular weight excluding hydrogens is 200 g/mol. The maximum atomic E-state index is 8.80. The zero-order valence-corrected chi connectivity index (χ0v) is 10.9. The minimum Gasteiger partial charge on any atom is -0.323 e. The Morgan fingerprint density at radius 2 is 2.00 bits per heavy atom. The van der Waals surface area contributed by atoms with E-state index in [1.165, 1.54) is 5.56 Å². The topological polar surface area (TPSA) is 27.0 Å². The molecule has 0 radical (unpaired) electrons. The summed E-state index contributed by atoms with van der Waals surface area (Å²) in [4.78, 5) is 0. The molecule has 15 heavy (non-hydrogen) atoms. The fourth-order valence-electron chi connectivity index (χ4n) is 1.25.